The van der Waals surface area contributed by atoms with E-state index in [9.17, 15) is 13.2 Å². The van der Waals surface area contributed by atoms with Crippen molar-refractivity contribution >= 4 is 21.9 Å². The normalized spacial score (nSPS) is 17.2. The molecule has 0 aliphatic carbocycles. The highest BCUT2D eigenvalue weighted by atomic mass is 32.2. The number of hydrogen-bond acceptors (Lipinski definition) is 4. The molecular formula is C14H29N5O3S. The Balaban J connectivity index is 2.33. The van der Waals surface area contributed by atoms with E-state index in [0.717, 1.165) is 31.9 Å². The van der Waals surface area contributed by atoms with Crippen LogP contribution in [-0.4, -0.2) is 71.2 Å². The molecule has 134 valence electrons. The number of rotatable bonds is 7. The number of carbonyl (C=O) groups excluding carboxylic acids is 1. The first-order chi connectivity index (χ1) is 10.9. The smallest absolute Gasteiger partial charge is 0.220 e. The highest BCUT2D eigenvalue weighted by molar-refractivity contribution is 7.89. The van der Waals surface area contributed by atoms with Gasteiger partial charge in [0.05, 0.1) is 5.75 Å². The van der Waals surface area contributed by atoms with Crippen molar-refractivity contribution in [3.05, 3.63) is 0 Å². The first-order valence-electron chi connectivity index (χ1n) is 8.05. The molecule has 1 saturated heterocycles. The van der Waals surface area contributed by atoms with E-state index in [4.69, 9.17) is 0 Å². The zero-order valence-electron chi connectivity index (χ0n) is 14.3. The predicted octanol–water partition coefficient (Wildman–Crippen LogP) is -0.651. The van der Waals surface area contributed by atoms with Gasteiger partial charge in [0.1, 0.15) is 0 Å². The molecule has 0 spiro atoms. The Hall–Kier alpha value is -1.35. The molecule has 0 atom stereocenters. The Morgan fingerprint density at radius 3 is 2.43 bits per heavy atom. The molecule has 1 aliphatic rings. The molecule has 23 heavy (non-hydrogen) atoms. The number of sulfonamides is 1. The SMILES string of the molecule is CCS(=O)(=O)NCCNC(=NC)N1CCC(CC(=O)NC)CC1. The molecule has 0 saturated carbocycles. The van der Waals surface area contributed by atoms with E-state index in [1.165, 1.54) is 0 Å². The number of likely N-dealkylation sites (tertiary alicyclic amines) is 1. The first kappa shape index (κ1) is 19.7. The van der Waals surface area contributed by atoms with Crippen LogP contribution in [0.25, 0.3) is 0 Å². The number of aliphatic imine (C=N–C) groups is 1. The van der Waals surface area contributed by atoms with Gasteiger partial charge in [-0.05, 0) is 25.7 Å². The number of nitrogens with zero attached hydrogens (tertiary/aromatic N) is 2. The highest BCUT2D eigenvalue weighted by Crippen LogP contribution is 2.20. The molecule has 0 bridgehead atoms. The maximum Gasteiger partial charge on any atom is 0.220 e. The van der Waals surface area contributed by atoms with Crippen LogP contribution in [0.1, 0.15) is 26.2 Å². The summed E-state index contributed by atoms with van der Waals surface area (Å²) in [6.45, 7) is 4.13. The maximum absolute atomic E-state index is 11.4. The number of nitrogens with one attached hydrogen (secondary N) is 3. The third-order valence-corrected chi connectivity index (χ3v) is 5.39. The summed E-state index contributed by atoms with van der Waals surface area (Å²) in [5.74, 6) is 1.37. The molecule has 1 heterocycles. The van der Waals surface area contributed by atoms with Crippen LogP contribution in [0.15, 0.2) is 4.99 Å². The van der Waals surface area contributed by atoms with Gasteiger partial charge in [-0.15, -0.1) is 0 Å². The summed E-state index contributed by atoms with van der Waals surface area (Å²) in [6, 6.07) is 0. The van der Waals surface area contributed by atoms with E-state index >= 15 is 0 Å². The minimum Gasteiger partial charge on any atom is -0.359 e. The molecule has 1 amide bonds. The zero-order valence-corrected chi connectivity index (χ0v) is 15.1. The van der Waals surface area contributed by atoms with Crippen molar-refractivity contribution in [1.29, 1.82) is 0 Å². The third-order valence-electron chi connectivity index (χ3n) is 3.99. The van der Waals surface area contributed by atoms with Crippen molar-refractivity contribution in [2.45, 2.75) is 26.2 Å². The van der Waals surface area contributed by atoms with Crippen molar-refractivity contribution in [2.75, 3.05) is 46.0 Å². The van der Waals surface area contributed by atoms with Gasteiger partial charge in [-0.25, -0.2) is 13.1 Å². The quantitative estimate of drug-likeness (QED) is 0.323. The van der Waals surface area contributed by atoms with Crippen LogP contribution in [-0.2, 0) is 14.8 Å². The van der Waals surface area contributed by atoms with Gasteiger partial charge < -0.3 is 15.5 Å². The number of amides is 1. The van der Waals surface area contributed by atoms with Crippen LogP contribution >= 0.6 is 0 Å². The van der Waals surface area contributed by atoms with Gasteiger partial charge in [0.25, 0.3) is 0 Å². The molecule has 1 fully saturated rings. The summed E-state index contributed by atoms with van der Waals surface area (Å²) >= 11 is 0. The monoisotopic (exact) mass is 347 g/mol. The molecule has 3 N–H and O–H groups in total. The van der Waals surface area contributed by atoms with Gasteiger partial charge in [-0.3, -0.25) is 9.79 Å². The lowest BCUT2D eigenvalue weighted by atomic mass is 9.93. The molecule has 0 aromatic heterocycles. The molecule has 0 aromatic carbocycles. The van der Waals surface area contributed by atoms with Crippen molar-refractivity contribution in [2.24, 2.45) is 10.9 Å². The van der Waals surface area contributed by atoms with Crippen molar-refractivity contribution in [3.63, 3.8) is 0 Å². The Labute approximate surface area is 139 Å². The summed E-state index contributed by atoms with van der Waals surface area (Å²) in [5.41, 5.74) is 0. The second-order valence-corrected chi connectivity index (χ2v) is 7.67. The Bertz CT molecular complexity index is 499. The minimum atomic E-state index is -3.15. The fourth-order valence-corrected chi connectivity index (χ4v) is 3.15. The van der Waals surface area contributed by atoms with E-state index in [0.29, 0.717) is 25.4 Å². The van der Waals surface area contributed by atoms with Crippen LogP contribution in [0.4, 0.5) is 0 Å². The maximum atomic E-state index is 11.4. The summed E-state index contributed by atoms with van der Waals surface area (Å²) in [5, 5.41) is 5.84. The number of guanidine groups is 1. The summed E-state index contributed by atoms with van der Waals surface area (Å²) < 4.78 is 25.2. The largest absolute Gasteiger partial charge is 0.359 e. The second kappa shape index (κ2) is 9.71. The Morgan fingerprint density at radius 2 is 1.91 bits per heavy atom. The summed E-state index contributed by atoms with van der Waals surface area (Å²) in [4.78, 5) is 17.8. The fourth-order valence-electron chi connectivity index (χ4n) is 2.53. The van der Waals surface area contributed by atoms with Crippen molar-refractivity contribution < 1.29 is 13.2 Å². The Kier molecular flexibility index (Phi) is 8.32. The lowest BCUT2D eigenvalue weighted by Gasteiger charge is -2.34. The molecular weight excluding hydrogens is 318 g/mol. The molecule has 1 rings (SSSR count). The van der Waals surface area contributed by atoms with Crippen LogP contribution in [0.3, 0.4) is 0 Å². The summed E-state index contributed by atoms with van der Waals surface area (Å²) in [7, 11) is 0.228. The molecule has 1 aliphatic heterocycles. The van der Waals surface area contributed by atoms with Gasteiger partial charge in [0, 0.05) is 46.7 Å². The van der Waals surface area contributed by atoms with E-state index in [2.05, 4.69) is 25.2 Å². The fraction of sp³-hybridized carbons (Fsp3) is 0.857. The standard InChI is InChI=1S/C14H29N5O3S/c1-4-23(21,22)18-8-7-17-14(16-3)19-9-5-12(6-10-19)11-13(20)15-2/h12,18H,4-11H2,1-3H3,(H,15,20)(H,16,17). The predicted molar refractivity (Wildman–Crippen MR) is 91.8 cm³/mol. The molecule has 0 aromatic rings. The average molecular weight is 347 g/mol. The number of carbonyl (C=O) groups is 1. The third kappa shape index (κ3) is 7.17. The van der Waals surface area contributed by atoms with Gasteiger partial charge >= 0.3 is 0 Å². The van der Waals surface area contributed by atoms with Gasteiger partial charge in [-0.2, -0.15) is 0 Å². The molecule has 9 heteroatoms. The van der Waals surface area contributed by atoms with E-state index in [1.54, 1.807) is 21.0 Å². The van der Waals surface area contributed by atoms with Gasteiger partial charge in [0.2, 0.25) is 15.9 Å². The lowest BCUT2D eigenvalue weighted by molar-refractivity contribution is -0.121. The Morgan fingerprint density at radius 1 is 1.26 bits per heavy atom. The second-order valence-electron chi connectivity index (χ2n) is 5.58. The van der Waals surface area contributed by atoms with E-state index in [1.807, 2.05) is 0 Å². The molecule has 8 nitrogen and oxygen atoms in total. The zero-order chi connectivity index (χ0) is 17.3. The van der Waals surface area contributed by atoms with Crippen molar-refractivity contribution in [3.8, 4) is 0 Å². The van der Waals surface area contributed by atoms with Crippen LogP contribution in [0, 0.1) is 5.92 Å². The number of hydrogen-bond donors (Lipinski definition) is 3. The average Bonchev–Trinajstić information content (AvgIpc) is 2.56. The van der Waals surface area contributed by atoms with Crippen LogP contribution in [0.5, 0.6) is 0 Å². The van der Waals surface area contributed by atoms with Gasteiger partial charge in [-0.1, -0.05) is 0 Å². The lowest BCUT2D eigenvalue weighted by Crippen LogP contribution is -2.47. The van der Waals surface area contributed by atoms with Crippen molar-refractivity contribution in [1.82, 2.24) is 20.3 Å². The van der Waals surface area contributed by atoms with Crippen LogP contribution in [0.2, 0.25) is 0 Å². The first-order valence-corrected chi connectivity index (χ1v) is 9.70. The molecule has 0 radical (unpaired) electrons. The topological polar surface area (TPSA) is 103 Å². The summed E-state index contributed by atoms with van der Waals surface area (Å²) in [6.07, 6.45) is 2.49. The molecule has 0 unspecified atom stereocenters. The highest BCUT2D eigenvalue weighted by Gasteiger charge is 2.22. The van der Waals surface area contributed by atoms with Gasteiger partial charge in [0.15, 0.2) is 5.96 Å². The van der Waals surface area contributed by atoms with E-state index in [-0.39, 0.29) is 11.7 Å². The minimum absolute atomic E-state index is 0.0839. The van der Waals surface area contributed by atoms with E-state index < -0.39 is 10.0 Å². The van der Waals surface area contributed by atoms with Crippen LogP contribution < -0.4 is 15.4 Å². The number of piperidine rings is 1.